The SMILES string of the molecule is CCOC(=O)c1ccc(S(=O)(=O)NCC(=O)OCC(=O)NC2CC2)cc1. The highest BCUT2D eigenvalue weighted by Gasteiger charge is 2.24. The first-order valence-electron chi connectivity index (χ1n) is 8.03. The second-order valence-electron chi connectivity index (χ2n) is 5.57. The molecule has 0 radical (unpaired) electrons. The van der Waals surface area contributed by atoms with Gasteiger partial charge in [0.2, 0.25) is 10.0 Å². The van der Waals surface area contributed by atoms with Crippen molar-refractivity contribution in [1.82, 2.24) is 10.0 Å². The summed E-state index contributed by atoms with van der Waals surface area (Å²) >= 11 is 0. The van der Waals surface area contributed by atoms with Crippen molar-refractivity contribution in [2.45, 2.75) is 30.7 Å². The van der Waals surface area contributed by atoms with E-state index in [1.54, 1.807) is 6.92 Å². The summed E-state index contributed by atoms with van der Waals surface area (Å²) in [5.74, 6) is -1.85. The number of carbonyl (C=O) groups excluding carboxylic acids is 3. The van der Waals surface area contributed by atoms with Crippen molar-refractivity contribution in [3.05, 3.63) is 29.8 Å². The summed E-state index contributed by atoms with van der Waals surface area (Å²) < 4.78 is 35.8. The van der Waals surface area contributed by atoms with E-state index in [9.17, 15) is 22.8 Å². The number of benzene rings is 1. The third-order valence-electron chi connectivity index (χ3n) is 3.39. The number of hydrogen-bond donors (Lipinski definition) is 2. The molecule has 0 bridgehead atoms. The molecule has 0 aromatic heterocycles. The minimum Gasteiger partial charge on any atom is -0.462 e. The first-order valence-corrected chi connectivity index (χ1v) is 9.52. The van der Waals surface area contributed by atoms with Crippen LogP contribution in [0.3, 0.4) is 0 Å². The fourth-order valence-electron chi connectivity index (χ4n) is 1.92. The third kappa shape index (κ3) is 6.12. The van der Waals surface area contributed by atoms with Crippen molar-refractivity contribution < 1.29 is 32.3 Å². The van der Waals surface area contributed by atoms with E-state index in [1.807, 2.05) is 0 Å². The third-order valence-corrected chi connectivity index (χ3v) is 4.81. The smallest absolute Gasteiger partial charge is 0.338 e. The predicted octanol–water partition coefficient (Wildman–Crippen LogP) is -0.0366. The van der Waals surface area contributed by atoms with Crippen LogP contribution in [0.2, 0.25) is 0 Å². The van der Waals surface area contributed by atoms with Crippen LogP contribution in [0.4, 0.5) is 0 Å². The lowest BCUT2D eigenvalue weighted by Gasteiger charge is -2.08. The maximum absolute atomic E-state index is 12.1. The van der Waals surface area contributed by atoms with Crippen LogP contribution in [0.15, 0.2) is 29.2 Å². The molecule has 2 N–H and O–H groups in total. The molecule has 1 aliphatic rings. The van der Waals surface area contributed by atoms with Gasteiger partial charge in [-0.05, 0) is 44.0 Å². The fourth-order valence-corrected chi connectivity index (χ4v) is 2.88. The first kappa shape index (κ1) is 19.9. The molecule has 0 aliphatic heterocycles. The minimum atomic E-state index is -3.96. The van der Waals surface area contributed by atoms with Gasteiger partial charge >= 0.3 is 11.9 Å². The van der Waals surface area contributed by atoms with Crippen LogP contribution in [0.1, 0.15) is 30.1 Å². The average Bonchev–Trinajstić information content (AvgIpc) is 3.42. The molecule has 1 fully saturated rings. The van der Waals surface area contributed by atoms with Gasteiger partial charge in [-0.15, -0.1) is 0 Å². The molecule has 26 heavy (non-hydrogen) atoms. The number of rotatable bonds is 9. The van der Waals surface area contributed by atoms with Gasteiger partial charge in [0, 0.05) is 6.04 Å². The Kier molecular flexibility index (Phi) is 6.70. The summed E-state index contributed by atoms with van der Waals surface area (Å²) in [6, 6.07) is 5.23. The zero-order valence-corrected chi connectivity index (χ0v) is 15.0. The van der Waals surface area contributed by atoms with Crippen molar-refractivity contribution in [2.24, 2.45) is 0 Å². The molecule has 0 spiro atoms. The van der Waals surface area contributed by atoms with E-state index in [2.05, 4.69) is 10.0 Å². The molecule has 1 amide bonds. The molecular weight excluding hydrogens is 364 g/mol. The molecule has 1 aliphatic carbocycles. The highest BCUT2D eigenvalue weighted by atomic mass is 32.2. The van der Waals surface area contributed by atoms with Gasteiger partial charge in [0.15, 0.2) is 6.61 Å². The number of sulfonamides is 1. The quantitative estimate of drug-likeness (QED) is 0.572. The molecule has 0 heterocycles. The topological polar surface area (TPSA) is 128 Å². The number of carbonyl (C=O) groups is 3. The molecule has 2 rings (SSSR count). The summed E-state index contributed by atoms with van der Waals surface area (Å²) in [6.45, 7) is 0.806. The molecule has 0 atom stereocenters. The molecule has 10 heteroatoms. The zero-order chi connectivity index (χ0) is 19.2. The van der Waals surface area contributed by atoms with Gasteiger partial charge < -0.3 is 14.8 Å². The maximum Gasteiger partial charge on any atom is 0.338 e. The Morgan fingerprint density at radius 1 is 1.12 bits per heavy atom. The Labute approximate surface area is 151 Å². The molecule has 142 valence electrons. The lowest BCUT2D eigenvalue weighted by Crippen LogP contribution is -2.34. The first-order chi connectivity index (χ1) is 12.3. The molecule has 1 aromatic carbocycles. The van der Waals surface area contributed by atoms with Gasteiger partial charge in [0.1, 0.15) is 6.54 Å². The fraction of sp³-hybridized carbons (Fsp3) is 0.438. The molecule has 0 saturated heterocycles. The number of hydrogen-bond acceptors (Lipinski definition) is 7. The van der Waals surface area contributed by atoms with Crippen molar-refractivity contribution in [2.75, 3.05) is 19.8 Å². The Bertz CT molecular complexity index is 770. The normalized spacial score (nSPS) is 13.7. The Balaban J connectivity index is 1.82. The second-order valence-corrected chi connectivity index (χ2v) is 7.34. The minimum absolute atomic E-state index is 0.121. The molecule has 9 nitrogen and oxygen atoms in total. The van der Waals surface area contributed by atoms with Crippen molar-refractivity contribution in [1.29, 1.82) is 0 Å². The van der Waals surface area contributed by atoms with Crippen LogP contribution in [-0.2, 0) is 29.1 Å². The summed E-state index contributed by atoms with van der Waals surface area (Å²) in [5, 5.41) is 2.64. The summed E-state index contributed by atoms with van der Waals surface area (Å²) in [4.78, 5) is 34.4. The van der Waals surface area contributed by atoms with E-state index in [4.69, 9.17) is 9.47 Å². The van der Waals surface area contributed by atoms with E-state index < -0.39 is 41.0 Å². The van der Waals surface area contributed by atoms with Crippen LogP contribution in [-0.4, -0.2) is 52.1 Å². The largest absolute Gasteiger partial charge is 0.462 e. The number of esters is 2. The van der Waals surface area contributed by atoms with Crippen LogP contribution >= 0.6 is 0 Å². The molecule has 1 aromatic rings. The highest BCUT2D eigenvalue weighted by molar-refractivity contribution is 7.89. The lowest BCUT2D eigenvalue weighted by atomic mass is 10.2. The standard InChI is InChI=1S/C16H20N2O7S/c1-2-24-16(21)11-3-7-13(8-4-11)26(22,23)17-9-15(20)25-10-14(19)18-12-5-6-12/h3-4,7-8,12,17H,2,5-6,9-10H2,1H3,(H,18,19). The van der Waals surface area contributed by atoms with Crippen LogP contribution in [0.5, 0.6) is 0 Å². The monoisotopic (exact) mass is 384 g/mol. The Morgan fingerprint density at radius 2 is 1.77 bits per heavy atom. The number of ether oxygens (including phenoxy) is 2. The summed E-state index contributed by atoms with van der Waals surface area (Å²) in [6.07, 6.45) is 1.82. The van der Waals surface area contributed by atoms with Gasteiger partial charge in [-0.3, -0.25) is 9.59 Å². The van der Waals surface area contributed by atoms with Crippen molar-refractivity contribution in [3.63, 3.8) is 0 Å². The summed E-state index contributed by atoms with van der Waals surface area (Å²) in [7, 11) is -3.96. The number of nitrogens with one attached hydrogen (secondary N) is 2. The highest BCUT2D eigenvalue weighted by Crippen LogP contribution is 2.18. The second kappa shape index (κ2) is 8.77. The average molecular weight is 384 g/mol. The van der Waals surface area contributed by atoms with Crippen LogP contribution in [0, 0.1) is 0 Å². The molecule has 1 saturated carbocycles. The summed E-state index contributed by atoms with van der Waals surface area (Å²) in [5.41, 5.74) is 0.215. The molecular formula is C16H20N2O7S. The Hall–Kier alpha value is -2.46. The van der Waals surface area contributed by atoms with Crippen LogP contribution < -0.4 is 10.0 Å². The van der Waals surface area contributed by atoms with E-state index in [-0.39, 0.29) is 23.1 Å². The van der Waals surface area contributed by atoms with E-state index in [0.29, 0.717) is 0 Å². The van der Waals surface area contributed by atoms with E-state index in [0.717, 1.165) is 12.8 Å². The van der Waals surface area contributed by atoms with Gasteiger partial charge in [0.25, 0.3) is 5.91 Å². The maximum atomic E-state index is 12.1. The van der Waals surface area contributed by atoms with Gasteiger partial charge in [-0.25, -0.2) is 13.2 Å². The van der Waals surface area contributed by atoms with Crippen molar-refractivity contribution in [3.8, 4) is 0 Å². The predicted molar refractivity (Wildman–Crippen MR) is 89.7 cm³/mol. The number of amides is 1. The van der Waals surface area contributed by atoms with Gasteiger partial charge in [-0.1, -0.05) is 0 Å². The van der Waals surface area contributed by atoms with Gasteiger partial charge in [-0.2, -0.15) is 4.72 Å². The van der Waals surface area contributed by atoms with Crippen LogP contribution in [0.25, 0.3) is 0 Å². The molecule has 0 unspecified atom stereocenters. The zero-order valence-electron chi connectivity index (χ0n) is 14.2. The Morgan fingerprint density at radius 3 is 2.35 bits per heavy atom. The van der Waals surface area contributed by atoms with Crippen molar-refractivity contribution >= 4 is 27.9 Å². The van der Waals surface area contributed by atoms with E-state index >= 15 is 0 Å². The lowest BCUT2D eigenvalue weighted by molar-refractivity contribution is -0.147. The van der Waals surface area contributed by atoms with Gasteiger partial charge in [0.05, 0.1) is 17.1 Å². The van der Waals surface area contributed by atoms with E-state index in [1.165, 1.54) is 24.3 Å².